The van der Waals surface area contributed by atoms with Crippen LogP contribution in [-0.4, -0.2) is 65.9 Å². The van der Waals surface area contributed by atoms with Gasteiger partial charge in [0.15, 0.2) is 0 Å². The van der Waals surface area contributed by atoms with Crippen LogP contribution in [-0.2, 0) is 4.79 Å². The van der Waals surface area contributed by atoms with Gasteiger partial charge in [-0.05, 0) is 19.3 Å². The molecule has 0 spiro atoms. The predicted octanol–water partition coefficient (Wildman–Crippen LogP) is 1.39. The lowest BCUT2D eigenvalue weighted by Gasteiger charge is -2.39. The standard InChI is InChI=1S/C14H25N3O2/c1-12(2)13(18)15-8-10-17(11-9-15)14(19)16-6-4-3-5-7-16/h12H,3-11H2,1-2H3. The molecule has 2 aliphatic heterocycles. The van der Waals surface area contributed by atoms with Crippen LogP contribution in [0.2, 0.25) is 0 Å². The summed E-state index contributed by atoms with van der Waals surface area (Å²) in [5, 5.41) is 0. The van der Waals surface area contributed by atoms with Crippen LogP contribution < -0.4 is 0 Å². The number of nitrogens with zero attached hydrogens (tertiary/aromatic N) is 3. The zero-order valence-electron chi connectivity index (χ0n) is 12.1. The minimum atomic E-state index is 0.0457. The number of piperidine rings is 1. The number of urea groups is 1. The van der Waals surface area contributed by atoms with Gasteiger partial charge >= 0.3 is 6.03 Å². The van der Waals surface area contributed by atoms with Crippen molar-refractivity contribution in [2.24, 2.45) is 5.92 Å². The Morgan fingerprint density at radius 1 is 0.737 bits per heavy atom. The summed E-state index contributed by atoms with van der Waals surface area (Å²) >= 11 is 0. The van der Waals surface area contributed by atoms with Crippen molar-refractivity contribution < 1.29 is 9.59 Å². The zero-order chi connectivity index (χ0) is 13.8. The number of hydrogen-bond donors (Lipinski definition) is 0. The van der Waals surface area contributed by atoms with E-state index in [9.17, 15) is 9.59 Å². The number of piperazine rings is 1. The van der Waals surface area contributed by atoms with Gasteiger partial charge in [0.2, 0.25) is 5.91 Å². The fraction of sp³-hybridized carbons (Fsp3) is 0.857. The van der Waals surface area contributed by atoms with Crippen molar-refractivity contribution in [3.8, 4) is 0 Å². The van der Waals surface area contributed by atoms with E-state index in [-0.39, 0.29) is 17.9 Å². The van der Waals surface area contributed by atoms with Crippen LogP contribution in [0.4, 0.5) is 4.79 Å². The minimum Gasteiger partial charge on any atom is -0.339 e. The molecule has 19 heavy (non-hydrogen) atoms. The Bertz CT molecular complexity index is 330. The molecule has 0 unspecified atom stereocenters. The van der Waals surface area contributed by atoms with E-state index in [4.69, 9.17) is 0 Å². The lowest BCUT2D eigenvalue weighted by molar-refractivity contribution is -0.135. The molecule has 2 fully saturated rings. The van der Waals surface area contributed by atoms with Crippen molar-refractivity contribution in [3.05, 3.63) is 0 Å². The van der Waals surface area contributed by atoms with Gasteiger partial charge in [0, 0.05) is 45.2 Å². The molecule has 0 radical (unpaired) electrons. The zero-order valence-corrected chi connectivity index (χ0v) is 12.1. The SMILES string of the molecule is CC(C)C(=O)N1CCN(C(=O)N2CCCCC2)CC1. The molecule has 0 saturated carbocycles. The predicted molar refractivity (Wildman–Crippen MR) is 73.8 cm³/mol. The van der Waals surface area contributed by atoms with E-state index in [2.05, 4.69) is 0 Å². The second-order valence-electron chi connectivity index (χ2n) is 5.80. The molecule has 2 saturated heterocycles. The minimum absolute atomic E-state index is 0.0457. The smallest absolute Gasteiger partial charge is 0.320 e. The fourth-order valence-electron chi connectivity index (χ4n) is 2.77. The Hall–Kier alpha value is -1.26. The number of amides is 3. The summed E-state index contributed by atoms with van der Waals surface area (Å²) in [4.78, 5) is 29.9. The topological polar surface area (TPSA) is 43.9 Å². The molecule has 0 aliphatic carbocycles. The lowest BCUT2D eigenvalue weighted by atomic mass is 10.1. The molecular formula is C14H25N3O2. The normalized spacial score (nSPS) is 20.9. The highest BCUT2D eigenvalue weighted by Crippen LogP contribution is 2.13. The molecule has 5 nitrogen and oxygen atoms in total. The van der Waals surface area contributed by atoms with E-state index >= 15 is 0 Å². The van der Waals surface area contributed by atoms with Crippen LogP contribution >= 0.6 is 0 Å². The summed E-state index contributed by atoms with van der Waals surface area (Å²) in [6.07, 6.45) is 3.48. The van der Waals surface area contributed by atoms with Crippen LogP contribution in [0.1, 0.15) is 33.1 Å². The van der Waals surface area contributed by atoms with Crippen LogP contribution in [0.3, 0.4) is 0 Å². The van der Waals surface area contributed by atoms with E-state index in [1.165, 1.54) is 6.42 Å². The third-order valence-electron chi connectivity index (χ3n) is 3.98. The van der Waals surface area contributed by atoms with Crippen LogP contribution in [0.5, 0.6) is 0 Å². The van der Waals surface area contributed by atoms with Gasteiger partial charge in [-0.25, -0.2) is 4.79 Å². The van der Waals surface area contributed by atoms with Gasteiger partial charge in [-0.2, -0.15) is 0 Å². The van der Waals surface area contributed by atoms with E-state index < -0.39 is 0 Å². The second kappa shape index (κ2) is 6.26. The Morgan fingerprint density at radius 3 is 1.74 bits per heavy atom. The second-order valence-corrected chi connectivity index (χ2v) is 5.80. The summed E-state index contributed by atoms with van der Waals surface area (Å²) in [5.74, 6) is 0.245. The number of rotatable bonds is 1. The fourth-order valence-corrected chi connectivity index (χ4v) is 2.77. The molecule has 0 aromatic carbocycles. The highest BCUT2D eigenvalue weighted by Gasteiger charge is 2.28. The van der Waals surface area contributed by atoms with Gasteiger partial charge in [-0.1, -0.05) is 13.8 Å². The summed E-state index contributed by atoms with van der Waals surface area (Å²) in [7, 11) is 0. The van der Waals surface area contributed by atoms with Gasteiger partial charge in [-0.3, -0.25) is 4.79 Å². The van der Waals surface area contributed by atoms with E-state index in [0.29, 0.717) is 26.2 Å². The average molecular weight is 267 g/mol. The van der Waals surface area contributed by atoms with Crippen LogP contribution in [0.15, 0.2) is 0 Å². The first kappa shape index (κ1) is 14.2. The van der Waals surface area contributed by atoms with Crippen LogP contribution in [0, 0.1) is 5.92 Å². The van der Waals surface area contributed by atoms with Crippen molar-refractivity contribution in [1.82, 2.24) is 14.7 Å². The average Bonchev–Trinajstić information content (AvgIpc) is 2.46. The molecule has 2 heterocycles. The Kier molecular flexibility index (Phi) is 4.66. The lowest BCUT2D eigenvalue weighted by Crippen LogP contribution is -2.55. The van der Waals surface area contributed by atoms with Crippen molar-refractivity contribution >= 4 is 11.9 Å². The molecular weight excluding hydrogens is 242 g/mol. The molecule has 0 aromatic rings. The quantitative estimate of drug-likeness (QED) is 0.720. The molecule has 0 aromatic heterocycles. The summed E-state index contributed by atoms with van der Waals surface area (Å²) in [6, 6.07) is 0.163. The number of likely N-dealkylation sites (tertiary alicyclic amines) is 1. The molecule has 2 rings (SSSR count). The third-order valence-corrected chi connectivity index (χ3v) is 3.98. The van der Waals surface area contributed by atoms with Crippen molar-refractivity contribution in [2.75, 3.05) is 39.3 Å². The summed E-state index contributed by atoms with van der Waals surface area (Å²) in [5.41, 5.74) is 0. The molecule has 0 N–H and O–H groups in total. The number of hydrogen-bond acceptors (Lipinski definition) is 2. The Morgan fingerprint density at radius 2 is 1.21 bits per heavy atom. The van der Waals surface area contributed by atoms with Gasteiger partial charge in [-0.15, -0.1) is 0 Å². The largest absolute Gasteiger partial charge is 0.339 e. The highest BCUT2D eigenvalue weighted by molar-refractivity contribution is 5.79. The molecule has 3 amide bonds. The molecule has 5 heteroatoms. The van der Waals surface area contributed by atoms with E-state index in [0.717, 1.165) is 25.9 Å². The maximum Gasteiger partial charge on any atom is 0.320 e. The summed E-state index contributed by atoms with van der Waals surface area (Å²) < 4.78 is 0. The Labute approximate surface area is 115 Å². The van der Waals surface area contributed by atoms with Crippen LogP contribution in [0.25, 0.3) is 0 Å². The number of carbonyl (C=O) groups excluding carboxylic acids is 2. The number of carbonyl (C=O) groups is 2. The molecule has 0 bridgehead atoms. The first-order valence-electron chi connectivity index (χ1n) is 7.42. The van der Waals surface area contributed by atoms with Crippen molar-refractivity contribution in [3.63, 3.8) is 0 Å². The monoisotopic (exact) mass is 267 g/mol. The van der Waals surface area contributed by atoms with Gasteiger partial charge in [0.25, 0.3) is 0 Å². The molecule has 108 valence electrons. The van der Waals surface area contributed by atoms with Crippen molar-refractivity contribution in [2.45, 2.75) is 33.1 Å². The summed E-state index contributed by atoms with van der Waals surface area (Å²) in [6.45, 7) is 8.34. The third kappa shape index (κ3) is 3.39. The van der Waals surface area contributed by atoms with E-state index in [1.54, 1.807) is 0 Å². The Balaban J connectivity index is 1.82. The maximum absolute atomic E-state index is 12.3. The molecule has 2 aliphatic rings. The van der Waals surface area contributed by atoms with Gasteiger partial charge < -0.3 is 14.7 Å². The van der Waals surface area contributed by atoms with Gasteiger partial charge in [0.1, 0.15) is 0 Å². The first-order valence-corrected chi connectivity index (χ1v) is 7.42. The highest BCUT2D eigenvalue weighted by atomic mass is 16.2. The first-order chi connectivity index (χ1) is 9.09. The van der Waals surface area contributed by atoms with E-state index in [1.807, 2.05) is 28.5 Å². The maximum atomic E-state index is 12.3. The van der Waals surface area contributed by atoms with Gasteiger partial charge in [0.05, 0.1) is 0 Å². The molecule has 0 atom stereocenters. The van der Waals surface area contributed by atoms with Crippen molar-refractivity contribution in [1.29, 1.82) is 0 Å².